The van der Waals surface area contributed by atoms with Crippen molar-refractivity contribution in [1.29, 1.82) is 0 Å². The van der Waals surface area contributed by atoms with E-state index >= 15 is 0 Å². The standard InChI is InChI=1S/C9H19NO5S/c1-7(6-16(12,13)14)5-10-8(11)15-9(2,3)4/h7H,5-6H2,1-4H3,(H,10,11)(H,12,13,14)/t7-/m0/s1. The molecule has 16 heavy (non-hydrogen) atoms. The van der Waals surface area contributed by atoms with Gasteiger partial charge in [-0.1, -0.05) is 6.92 Å². The molecule has 6 nitrogen and oxygen atoms in total. The molecule has 0 saturated carbocycles. The Hall–Kier alpha value is -0.820. The predicted molar refractivity (Wildman–Crippen MR) is 59.8 cm³/mol. The van der Waals surface area contributed by atoms with Crippen LogP contribution in [0.1, 0.15) is 27.7 Å². The minimum atomic E-state index is -4.00. The fourth-order valence-electron chi connectivity index (χ4n) is 0.990. The van der Waals surface area contributed by atoms with Gasteiger partial charge in [-0.25, -0.2) is 4.79 Å². The molecule has 0 bridgehead atoms. The minimum absolute atomic E-state index is 0.134. The maximum atomic E-state index is 11.2. The van der Waals surface area contributed by atoms with Crippen LogP contribution in [0.5, 0.6) is 0 Å². The Kier molecular flexibility index (Phi) is 5.21. The molecule has 0 aliphatic carbocycles. The van der Waals surface area contributed by atoms with E-state index < -0.39 is 21.8 Å². The smallest absolute Gasteiger partial charge is 0.407 e. The van der Waals surface area contributed by atoms with Crippen LogP contribution in [0.4, 0.5) is 4.79 Å². The summed E-state index contributed by atoms with van der Waals surface area (Å²) in [4.78, 5) is 11.2. The van der Waals surface area contributed by atoms with E-state index in [0.29, 0.717) is 0 Å². The second kappa shape index (κ2) is 5.49. The number of carbonyl (C=O) groups excluding carboxylic acids is 1. The van der Waals surface area contributed by atoms with Gasteiger partial charge < -0.3 is 10.1 Å². The third-order valence-corrected chi connectivity index (χ3v) is 2.48. The highest BCUT2D eigenvalue weighted by Gasteiger charge is 2.17. The van der Waals surface area contributed by atoms with E-state index in [1.807, 2.05) is 0 Å². The van der Waals surface area contributed by atoms with Gasteiger partial charge in [0.25, 0.3) is 10.1 Å². The number of ether oxygens (including phenoxy) is 1. The Morgan fingerprint density at radius 3 is 2.31 bits per heavy atom. The van der Waals surface area contributed by atoms with Gasteiger partial charge in [0.1, 0.15) is 5.60 Å². The van der Waals surface area contributed by atoms with Gasteiger partial charge in [-0.15, -0.1) is 0 Å². The van der Waals surface area contributed by atoms with Crippen LogP contribution in [0.15, 0.2) is 0 Å². The van der Waals surface area contributed by atoms with Crippen LogP contribution in [0.25, 0.3) is 0 Å². The molecule has 0 unspecified atom stereocenters. The number of alkyl carbamates (subject to hydrolysis) is 1. The maximum Gasteiger partial charge on any atom is 0.407 e. The summed E-state index contributed by atoms with van der Waals surface area (Å²) in [5.74, 6) is -0.759. The lowest BCUT2D eigenvalue weighted by Gasteiger charge is -2.20. The molecule has 0 radical (unpaired) electrons. The number of hydrogen-bond acceptors (Lipinski definition) is 4. The highest BCUT2D eigenvalue weighted by molar-refractivity contribution is 7.85. The summed E-state index contributed by atoms with van der Waals surface area (Å²) in [5, 5.41) is 2.42. The SMILES string of the molecule is C[C@@H](CNC(=O)OC(C)(C)C)CS(=O)(=O)O. The van der Waals surface area contributed by atoms with Gasteiger partial charge in [0, 0.05) is 6.54 Å². The molecule has 0 aromatic rings. The molecule has 0 saturated heterocycles. The van der Waals surface area contributed by atoms with Crippen LogP contribution in [0, 0.1) is 5.92 Å². The molecule has 96 valence electrons. The molecular weight excluding hydrogens is 234 g/mol. The molecule has 1 atom stereocenters. The molecule has 0 aromatic heterocycles. The van der Waals surface area contributed by atoms with E-state index in [4.69, 9.17) is 9.29 Å². The van der Waals surface area contributed by atoms with Crippen LogP contribution >= 0.6 is 0 Å². The quantitative estimate of drug-likeness (QED) is 0.730. The van der Waals surface area contributed by atoms with Gasteiger partial charge >= 0.3 is 6.09 Å². The van der Waals surface area contributed by atoms with E-state index in [1.165, 1.54) is 0 Å². The van der Waals surface area contributed by atoms with Crippen LogP contribution in [-0.2, 0) is 14.9 Å². The monoisotopic (exact) mass is 253 g/mol. The Morgan fingerprint density at radius 1 is 1.44 bits per heavy atom. The molecule has 0 aliphatic heterocycles. The fourth-order valence-corrected chi connectivity index (χ4v) is 1.83. The Bertz CT molecular complexity index is 330. The highest BCUT2D eigenvalue weighted by atomic mass is 32.2. The largest absolute Gasteiger partial charge is 0.444 e. The average molecular weight is 253 g/mol. The van der Waals surface area contributed by atoms with Gasteiger partial charge in [-0.3, -0.25) is 4.55 Å². The van der Waals surface area contributed by atoms with Crippen molar-refractivity contribution in [2.75, 3.05) is 12.3 Å². The molecule has 0 aromatic carbocycles. The summed E-state index contributed by atoms with van der Waals surface area (Å²) in [7, 11) is -4.00. The third kappa shape index (κ3) is 9.72. The van der Waals surface area contributed by atoms with Crippen molar-refractivity contribution in [2.24, 2.45) is 5.92 Å². The van der Waals surface area contributed by atoms with Crippen molar-refractivity contribution in [1.82, 2.24) is 5.32 Å². The molecule has 0 aliphatic rings. The number of amides is 1. The number of nitrogens with one attached hydrogen (secondary N) is 1. The van der Waals surface area contributed by atoms with Crippen LogP contribution < -0.4 is 5.32 Å². The zero-order chi connectivity index (χ0) is 13.0. The van der Waals surface area contributed by atoms with Gasteiger partial charge in [0.15, 0.2) is 0 Å². The summed E-state index contributed by atoms with van der Waals surface area (Å²) in [5.41, 5.74) is -0.587. The summed E-state index contributed by atoms with van der Waals surface area (Å²) in [6, 6.07) is 0. The molecule has 0 fully saturated rings. The number of hydrogen-bond donors (Lipinski definition) is 2. The lowest BCUT2D eigenvalue weighted by atomic mass is 10.2. The third-order valence-electron chi connectivity index (χ3n) is 1.49. The fraction of sp³-hybridized carbons (Fsp3) is 0.889. The topological polar surface area (TPSA) is 92.7 Å². The lowest BCUT2D eigenvalue weighted by Crippen LogP contribution is -2.36. The van der Waals surface area contributed by atoms with Crippen LogP contribution in [-0.4, -0.2) is 37.0 Å². The van der Waals surface area contributed by atoms with Crippen molar-refractivity contribution in [3.63, 3.8) is 0 Å². The molecule has 0 rings (SSSR count). The molecule has 2 N–H and O–H groups in total. The summed E-state index contributed by atoms with van der Waals surface area (Å²) < 4.78 is 34.6. The first-order valence-electron chi connectivity index (χ1n) is 4.91. The molecule has 0 heterocycles. The van der Waals surface area contributed by atoms with Gasteiger partial charge in [0.05, 0.1) is 5.75 Å². The van der Waals surface area contributed by atoms with Crippen molar-refractivity contribution in [2.45, 2.75) is 33.3 Å². The Morgan fingerprint density at radius 2 is 1.94 bits per heavy atom. The Labute approximate surface area is 96.1 Å². The maximum absolute atomic E-state index is 11.2. The summed E-state index contributed by atoms with van der Waals surface area (Å²) in [6.07, 6.45) is -0.602. The van der Waals surface area contributed by atoms with Crippen LogP contribution in [0.2, 0.25) is 0 Å². The normalized spacial score (nSPS) is 14.3. The van der Waals surface area contributed by atoms with Crippen molar-refractivity contribution >= 4 is 16.2 Å². The van der Waals surface area contributed by atoms with Gasteiger partial charge in [-0.2, -0.15) is 8.42 Å². The predicted octanol–water partition coefficient (Wildman–Crippen LogP) is 1.04. The zero-order valence-electron chi connectivity index (χ0n) is 9.98. The molecule has 1 amide bonds. The first kappa shape index (κ1) is 15.2. The second-order valence-corrected chi connectivity index (χ2v) is 6.23. The number of carbonyl (C=O) groups is 1. The first-order valence-corrected chi connectivity index (χ1v) is 6.52. The molecule has 0 spiro atoms. The average Bonchev–Trinajstić information content (AvgIpc) is 1.94. The highest BCUT2D eigenvalue weighted by Crippen LogP contribution is 2.06. The van der Waals surface area contributed by atoms with Crippen LogP contribution in [0.3, 0.4) is 0 Å². The van der Waals surface area contributed by atoms with Crippen molar-refractivity contribution in [3.05, 3.63) is 0 Å². The summed E-state index contributed by atoms with van der Waals surface area (Å²) in [6.45, 7) is 6.93. The lowest BCUT2D eigenvalue weighted by molar-refractivity contribution is 0.0521. The van der Waals surface area contributed by atoms with E-state index in [1.54, 1.807) is 27.7 Å². The van der Waals surface area contributed by atoms with Gasteiger partial charge in [0.2, 0.25) is 0 Å². The van der Waals surface area contributed by atoms with Crippen molar-refractivity contribution in [3.8, 4) is 0 Å². The van der Waals surface area contributed by atoms with Gasteiger partial charge in [-0.05, 0) is 26.7 Å². The minimum Gasteiger partial charge on any atom is -0.444 e. The van der Waals surface area contributed by atoms with E-state index in [-0.39, 0.29) is 18.2 Å². The van der Waals surface area contributed by atoms with E-state index in [0.717, 1.165) is 0 Å². The van der Waals surface area contributed by atoms with E-state index in [2.05, 4.69) is 5.32 Å². The summed E-state index contributed by atoms with van der Waals surface area (Å²) >= 11 is 0. The van der Waals surface area contributed by atoms with Crippen molar-refractivity contribution < 1.29 is 22.5 Å². The zero-order valence-corrected chi connectivity index (χ0v) is 10.8. The number of rotatable bonds is 4. The Balaban J connectivity index is 3.94. The second-order valence-electron chi connectivity index (χ2n) is 4.74. The molecular formula is C9H19NO5S. The first-order chi connectivity index (χ1) is 6.99. The molecule has 7 heteroatoms. The van der Waals surface area contributed by atoms with E-state index in [9.17, 15) is 13.2 Å².